The van der Waals surface area contributed by atoms with Crippen molar-refractivity contribution in [1.29, 1.82) is 0 Å². The second-order valence-electron chi connectivity index (χ2n) is 5.90. The van der Waals surface area contributed by atoms with Gasteiger partial charge in [-0.2, -0.15) is 0 Å². The minimum Gasteiger partial charge on any atom is -0.378 e. The molecule has 0 aliphatic carbocycles. The lowest BCUT2D eigenvalue weighted by Gasteiger charge is -2.30. The van der Waals surface area contributed by atoms with Crippen LogP contribution in [0.25, 0.3) is 0 Å². The molecular weight excluding hydrogens is 308 g/mol. The first-order chi connectivity index (χ1) is 11.2. The van der Waals surface area contributed by atoms with E-state index in [2.05, 4.69) is 67.5 Å². The third kappa shape index (κ3) is 2.57. The van der Waals surface area contributed by atoms with Crippen LogP contribution >= 0.6 is 11.3 Å². The number of rotatable bonds is 3. The molecule has 3 heterocycles. The summed E-state index contributed by atoms with van der Waals surface area (Å²) >= 11 is 1.76. The maximum absolute atomic E-state index is 4.17. The van der Waals surface area contributed by atoms with Crippen LogP contribution in [-0.4, -0.2) is 34.3 Å². The van der Waals surface area contributed by atoms with Crippen LogP contribution in [0.3, 0.4) is 0 Å². The summed E-state index contributed by atoms with van der Waals surface area (Å²) < 4.78 is 1.88. The maximum Gasteiger partial charge on any atom is 0.244 e. The predicted molar refractivity (Wildman–Crippen MR) is 92.0 cm³/mol. The van der Waals surface area contributed by atoms with Crippen molar-refractivity contribution in [2.45, 2.75) is 18.5 Å². The highest BCUT2D eigenvalue weighted by Crippen LogP contribution is 2.38. The summed E-state index contributed by atoms with van der Waals surface area (Å²) in [5.74, 6) is 0.733. The van der Waals surface area contributed by atoms with E-state index in [1.807, 2.05) is 18.8 Å². The van der Waals surface area contributed by atoms with E-state index >= 15 is 0 Å². The highest BCUT2D eigenvalue weighted by Gasteiger charge is 2.31. The predicted octanol–water partition coefficient (Wildman–Crippen LogP) is 2.95. The Labute approximate surface area is 138 Å². The minimum absolute atomic E-state index is 0.143. The van der Waals surface area contributed by atoms with Crippen molar-refractivity contribution in [3.63, 3.8) is 0 Å². The fraction of sp³-hybridized carbons (Fsp3) is 0.312. The van der Waals surface area contributed by atoms with Gasteiger partial charge in [-0.15, -0.1) is 11.3 Å². The zero-order valence-corrected chi connectivity index (χ0v) is 13.9. The molecule has 1 aliphatic rings. The lowest BCUT2D eigenvalue weighted by Crippen LogP contribution is -2.27. The first-order valence-corrected chi connectivity index (χ1v) is 8.45. The highest BCUT2D eigenvalue weighted by molar-refractivity contribution is 7.10. The number of hydrogen-bond donors (Lipinski definition) is 1. The van der Waals surface area contributed by atoms with Crippen LogP contribution in [0.4, 0.5) is 11.6 Å². The molecule has 2 aromatic heterocycles. The van der Waals surface area contributed by atoms with Gasteiger partial charge in [0.05, 0.1) is 12.1 Å². The number of anilines is 2. The quantitative estimate of drug-likeness (QED) is 0.802. The molecule has 4 rings (SSSR count). The summed E-state index contributed by atoms with van der Waals surface area (Å²) in [5, 5.41) is 17.7. The molecule has 0 spiro atoms. The molecule has 0 saturated heterocycles. The monoisotopic (exact) mass is 326 g/mol. The van der Waals surface area contributed by atoms with Crippen LogP contribution in [0.15, 0.2) is 41.8 Å². The number of hydrogen-bond acceptors (Lipinski definition) is 6. The summed E-state index contributed by atoms with van der Waals surface area (Å²) in [4.78, 5) is 3.41. The minimum atomic E-state index is 0.143. The summed E-state index contributed by atoms with van der Waals surface area (Å²) in [5.41, 5.74) is 2.42. The van der Waals surface area contributed by atoms with Gasteiger partial charge in [0.25, 0.3) is 0 Å². The van der Waals surface area contributed by atoms with Gasteiger partial charge in [0.1, 0.15) is 0 Å². The fourth-order valence-corrected chi connectivity index (χ4v) is 3.78. The Morgan fingerprint density at radius 1 is 1.22 bits per heavy atom. The van der Waals surface area contributed by atoms with Gasteiger partial charge < -0.3 is 10.2 Å². The molecule has 3 aromatic rings. The lowest BCUT2D eigenvalue weighted by molar-refractivity contribution is 0.426. The molecule has 1 aliphatic heterocycles. The molecule has 0 unspecified atom stereocenters. The molecule has 2 atom stereocenters. The first-order valence-electron chi connectivity index (χ1n) is 7.57. The van der Waals surface area contributed by atoms with Crippen LogP contribution in [-0.2, 0) is 0 Å². The summed E-state index contributed by atoms with van der Waals surface area (Å²) in [6, 6.07) is 13.2. The third-order valence-corrected chi connectivity index (χ3v) is 5.22. The molecule has 7 heteroatoms. The number of thiophene rings is 1. The van der Waals surface area contributed by atoms with Gasteiger partial charge in [-0.3, -0.25) is 0 Å². The van der Waals surface area contributed by atoms with Crippen molar-refractivity contribution >= 4 is 23.0 Å². The third-order valence-electron chi connectivity index (χ3n) is 4.23. The van der Waals surface area contributed by atoms with E-state index in [-0.39, 0.29) is 12.1 Å². The Morgan fingerprint density at radius 2 is 2.04 bits per heavy atom. The number of nitrogens with zero attached hydrogens (tertiary/aromatic N) is 5. The summed E-state index contributed by atoms with van der Waals surface area (Å²) in [6.07, 6.45) is 0.930. The lowest BCUT2D eigenvalue weighted by atomic mass is 9.96. The largest absolute Gasteiger partial charge is 0.378 e. The van der Waals surface area contributed by atoms with Crippen molar-refractivity contribution in [3.05, 3.63) is 52.2 Å². The molecular formula is C16H18N6S. The molecule has 0 bridgehead atoms. The normalized spacial score (nSPS) is 19.9. The molecule has 23 heavy (non-hydrogen) atoms. The van der Waals surface area contributed by atoms with Crippen LogP contribution in [0, 0.1) is 0 Å². The van der Waals surface area contributed by atoms with Gasteiger partial charge in [-0.25, -0.2) is 4.68 Å². The number of nitrogens with one attached hydrogen (secondary N) is 1. The Balaban J connectivity index is 1.69. The van der Waals surface area contributed by atoms with E-state index in [9.17, 15) is 0 Å². The molecule has 0 radical (unpaired) electrons. The van der Waals surface area contributed by atoms with Gasteiger partial charge in [0, 0.05) is 24.7 Å². The summed E-state index contributed by atoms with van der Waals surface area (Å²) in [7, 11) is 4.09. The second kappa shape index (κ2) is 5.66. The molecule has 0 saturated carbocycles. The number of fused-ring (bicyclic) bond motifs is 1. The van der Waals surface area contributed by atoms with E-state index < -0.39 is 0 Å². The zero-order valence-electron chi connectivity index (χ0n) is 13.0. The highest BCUT2D eigenvalue weighted by atomic mass is 32.1. The van der Waals surface area contributed by atoms with Crippen molar-refractivity contribution in [3.8, 4) is 0 Å². The van der Waals surface area contributed by atoms with Crippen molar-refractivity contribution in [1.82, 2.24) is 20.2 Å². The van der Waals surface area contributed by atoms with Crippen molar-refractivity contribution in [2.75, 3.05) is 24.3 Å². The van der Waals surface area contributed by atoms with Crippen molar-refractivity contribution < 1.29 is 0 Å². The Kier molecular flexibility index (Phi) is 3.49. The smallest absolute Gasteiger partial charge is 0.244 e. The molecule has 0 fully saturated rings. The SMILES string of the molecule is CN(C)c1ccc([C@H]2C[C@@H](c3cccs3)Nc3nnnn32)cc1. The number of aromatic nitrogens is 4. The average Bonchev–Trinajstić information content (AvgIpc) is 3.25. The van der Waals surface area contributed by atoms with E-state index in [1.54, 1.807) is 11.3 Å². The van der Waals surface area contributed by atoms with Gasteiger partial charge in [0.15, 0.2) is 0 Å². The molecule has 1 aromatic carbocycles. The van der Waals surface area contributed by atoms with Gasteiger partial charge in [0.2, 0.25) is 5.95 Å². The zero-order chi connectivity index (χ0) is 15.8. The van der Waals surface area contributed by atoms with Gasteiger partial charge in [-0.1, -0.05) is 23.3 Å². The molecule has 118 valence electrons. The second-order valence-corrected chi connectivity index (χ2v) is 6.88. The Hall–Kier alpha value is -2.41. The van der Waals surface area contributed by atoms with Crippen LogP contribution in [0.1, 0.15) is 28.9 Å². The van der Waals surface area contributed by atoms with Gasteiger partial charge >= 0.3 is 0 Å². The molecule has 6 nitrogen and oxygen atoms in total. The maximum atomic E-state index is 4.17. The van der Waals surface area contributed by atoms with E-state index in [1.165, 1.54) is 16.1 Å². The Morgan fingerprint density at radius 3 is 2.74 bits per heavy atom. The van der Waals surface area contributed by atoms with Crippen LogP contribution in [0.2, 0.25) is 0 Å². The van der Waals surface area contributed by atoms with E-state index in [0.29, 0.717) is 0 Å². The van der Waals surface area contributed by atoms with E-state index in [0.717, 1.165) is 12.4 Å². The van der Waals surface area contributed by atoms with E-state index in [4.69, 9.17) is 0 Å². The van der Waals surface area contributed by atoms with Crippen LogP contribution in [0.5, 0.6) is 0 Å². The number of benzene rings is 1. The molecule has 0 amide bonds. The Bertz CT molecular complexity index is 777. The average molecular weight is 326 g/mol. The van der Waals surface area contributed by atoms with Gasteiger partial charge in [-0.05, 0) is 46.0 Å². The van der Waals surface area contributed by atoms with Crippen molar-refractivity contribution in [2.24, 2.45) is 0 Å². The standard InChI is InChI=1S/C16H18N6S/c1-21(2)12-7-5-11(6-8-12)14-10-13(15-4-3-9-23-15)17-16-18-19-20-22(14)16/h3-9,13-14H,10H2,1-2H3,(H,17,18,20)/t13-,14+/m0/s1. The topological polar surface area (TPSA) is 58.9 Å². The first kappa shape index (κ1) is 14.2. The van der Waals surface area contributed by atoms with Crippen LogP contribution < -0.4 is 10.2 Å². The summed E-state index contributed by atoms with van der Waals surface area (Å²) in [6.45, 7) is 0. The molecule has 1 N–H and O–H groups in total. The fourth-order valence-electron chi connectivity index (χ4n) is 2.99. The number of tetrazole rings is 1.